The lowest BCUT2D eigenvalue weighted by molar-refractivity contribution is 0.240. The summed E-state index contributed by atoms with van der Waals surface area (Å²) in [6.07, 6.45) is 3.13. The molecule has 1 aliphatic heterocycles. The maximum absolute atomic E-state index is 12.2. The van der Waals surface area contributed by atoms with Gasteiger partial charge in [-0.2, -0.15) is 0 Å². The molecule has 21 heavy (non-hydrogen) atoms. The molecule has 2 aromatic rings. The van der Waals surface area contributed by atoms with Crippen LogP contribution in [0.1, 0.15) is 41.4 Å². The first-order chi connectivity index (χ1) is 10.3. The Kier molecular flexibility index (Phi) is 3.11. The van der Waals surface area contributed by atoms with Crippen LogP contribution in [-0.4, -0.2) is 21.4 Å². The summed E-state index contributed by atoms with van der Waals surface area (Å²) in [6, 6.07) is 10.5. The Hall–Kier alpha value is -1.94. The van der Waals surface area contributed by atoms with Gasteiger partial charge in [0.25, 0.3) is 5.56 Å². The number of rotatable bonds is 3. The van der Waals surface area contributed by atoms with Crippen molar-refractivity contribution >= 4 is 0 Å². The van der Waals surface area contributed by atoms with E-state index in [0.717, 1.165) is 56.0 Å². The zero-order valence-corrected chi connectivity index (χ0v) is 12.0. The molecule has 0 spiro atoms. The molecule has 1 saturated carbocycles. The van der Waals surface area contributed by atoms with Crippen molar-refractivity contribution in [2.45, 2.75) is 38.3 Å². The summed E-state index contributed by atoms with van der Waals surface area (Å²) in [4.78, 5) is 22.3. The Bertz CT molecular complexity index is 704. The van der Waals surface area contributed by atoms with Crippen molar-refractivity contribution in [3.8, 4) is 0 Å². The third-order valence-corrected chi connectivity index (χ3v) is 4.38. The van der Waals surface area contributed by atoms with Gasteiger partial charge in [-0.15, -0.1) is 0 Å². The molecular weight excluding hydrogens is 262 g/mol. The van der Waals surface area contributed by atoms with Crippen molar-refractivity contribution in [2.75, 3.05) is 6.54 Å². The van der Waals surface area contributed by atoms with E-state index in [4.69, 9.17) is 4.98 Å². The smallest absolute Gasteiger partial charge is 0.254 e. The molecule has 2 aliphatic rings. The largest absolute Gasteiger partial charge is 0.310 e. The summed E-state index contributed by atoms with van der Waals surface area (Å²) >= 11 is 0. The Labute approximate surface area is 123 Å². The molecule has 0 bridgehead atoms. The van der Waals surface area contributed by atoms with Crippen LogP contribution in [0, 0.1) is 0 Å². The standard InChI is InChI=1S/C17H19N3O/c21-17-14-8-9-20(10-12-4-2-1-3-5-12)11-15(14)18-16(19-17)13-6-7-13/h1-5,13H,6-11H2,(H,18,19,21). The summed E-state index contributed by atoms with van der Waals surface area (Å²) in [6.45, 7) is 2.64. The zero-order valence-electron chi connectivity index (χ0n) is 12.0. The highest BCUT2D eigenvalue weighted by atomic mass is 16.1. The van der Waals surface area contributed by atoms with Gasteiger partial charge in [-0.25, -0.2) is 4.98 Å². The van der Waals surface area contributed by atoms with Gasteiger partial charge in [0.2, 0.25) is 0 Å². The molecule has 0 amide bonds. The third kappa shape index (κ3) is 2.63. The van der Waals surface area contributed by atoms with Crippen molar-refractivity contribution in [3.63, 3.8) is 0 Å². The van der Waals surface area contributed by atoms with Crippen LogP contribution < -0.4 is 5.56 Å². The molecule has 1 fully saturated rings. The number of hydrogen-bond donors (Lipinski definition) is 1. The number of aromatic nitrogens is 2. The number of hydrogen-bond acceptors (Lipinski definition) is 3. The number of fused-ring (bicyclic) bond motifs is 1. The predicted molar refractivity (Wildman–Crippen MR) is 81.1 cm³/mol. The minimum absolute atomic E-state index is 0.0845. The predicted octanol–water partition coefficient (Wildman–Crippen LogP) is 2.21. The molecule has 4 heteroatoms. The highest BCUT2D eigenvalue weighted by molar-refractivity contribution is 5.23. The number of nitrogens with zero attached hydrogens (tertiary/aromatic N) is 2. The van der Waals surface area contributed by atoms with Gasteiger partial charge in [0, 0.05) is 31.1 Å². The first-order valence-electron chi connectivity index (χ1n) is 7.68. The Morgan fingerprint density at radius 1 is 1.24 bits per heavy atom. The Morgan fingerprint density at radius 2 is 2.05 bits per heavy atom. The minimum atomic E-state index is 0.0845. The lowest BCUT2D eigenvalue weighted by Crippen LogP contribution is -2.35. The molecule has 2 heterocycles. The zero-order chi connectivity index (χ0) is 14.2. The van der Waals surface area contributed by atoms with E-state index in [9.17, 15) is 4.79 Å². The van der Waals surface area contributed by atoms with Gasteiger partial charge >= 0.3 is 0 Å². The van der Waals surface area contributed by atoms with E-state index in [2.05, 4.69) is 34.1 Å². The minimum Gasteiger partial charge on any atom is -0.310 e. The summed E-state index contributed by atoms with van der Waals surface area (Å²) in [5.74, 6) is 1.40. The monoisotopic (exact) mass is 281 g/mol. The Balaban J connectivity index is 1.57. The number of aromatic amines is 1. The molecular formula is C17H19N3O. The van der Waals surface area contributed by atoms with Gasteiger partial charge in [-0.3, -0.25) is 9.69 Å². The van der Waals surface area contributed by atoms with E-state index in [1.807, 2.05) is 6.07 Å². The molecule has 1 aliphatic carbocycles. The quantitative estimate of drug-likeness (QED) is 0.938. The number of benzene rings is 1. The average Bonchev–Trinajstić information content (AvgIpc) is 3.32. The fourth-order valence-corrected chi connectivity index (χ4v) is 3.04. The van der Waals surface area contributed by atoms with Crippen LogP contribution >= 0.6 is 0 Å². The van der Waals surface area contributed by atoms with Crippen LogP contribution in [0.4, 0.5) is 0 Å². The second kappa shape index (κ2) is 5.11. The molecule has 1 aromatic carbocycles. The average molecular weight is 281 g/mol. The maximum atomic E-state index is 12.2. The van der Waals surface area contributed by atoms with Crippen LogP contribution in [0.25, 0.3) is 0 Å². The fraction of sp³-hybridized carbons (Fsp3) is 0.412. The van der Waals surface area contributed by atoms with Crippen molar-refractivity contribution in [1.82, 2.24) is 14.9 Å². The lowest BCUT2D eigenvalue weighted by Gasteiger charge is -2.27. The topological polar surface area (TPSA) is 49.0 Å². The molecule has 0 saturated heterocycles. The van der Waals surface area contributed by atoms with E-state index in [-0.39, 0.29) is 5.56 Å². The normalized spacial score (nSPS) is 18.5. The summed E-state index contributed by atoms with van der Waals surface area (Å²) in [5.41, 5.74) is 3.28. The summed E-state index contributed by atoms with van der Waals surface area (Å²) in [5, 5.41) is 0. The fourth-order valence-electron chi connectivity index (χ4n) is 3.04. The van der Waals surface area contributed by atoms with Crippen LogP contribution in [-0.2, 0) is 19.5 Å². The molecule has 1 aromatic heterocycles. The van der Waals surface area contributed by atoms with Crippen molar-refractivity contribution in [2.24, 2.45) is 0 Å². The van der Waals surface area contributed by atoms with Crippen LogP contribution in [0.3, 0.4) is 0 Å². The molecule has 108 valence electrons. The highest BCUT2D eigenvalue weighted by Crippen LogP contribution is 2.37. The van der Waals surface area contributed by atoms with Crippen LogP contribution in [0.15, 0.2) is 35.1 Å². The van der Waals surface area contributed by atoms with Gasteiger partial charge in [0.1, 0.15) is 5.82 Å². The summed E-state index contributed by atoms with van der Waals surface area (Å²) < 4.78 is 0. The van der Waals surface area contributed by atoms with E-state index >= 15 is 0 Å². The summed E-state index contributed by atoms with van der Waals surface area (Å²) in [7, 11) is 0. The van der Waals surface area contributed by atoms with E-state index in [0.29, 0.717) is 5.92 Å². The van der Waals surface area contributed by atoms with Gasteiger partial charge in [-0.1, -0.05) is 30.3 Å². The highest BCUT2D eigenvalue weighted by Gasteiger charge is 2.29. The molecule has 4 rings (SSSR count). The SMILES string of the molecule is O=c1[nH]c(C2CC2)nc2c1CCN(Cc1ccccc1)C2. The van der Waals surface area contributed by atoms with Crippen molar-refractivity contribution in [1.29, 1.82) is 0 Å². The molecule has 0 atom stereocenters. The van der Waals surface area contributed by atoms with Gasteiger partial charge < -0.3 is 4.98 Å². The van der Waals surface area contributed by atoms with E-state index in [1.54, 1.807) is 0 Å². The van der Waals surface area contributed by atoms with Gasteiger partial charge in [0.05, 0.1) is 5.69 Å². The first kappa shape index (κ1) is 12.8. The Morgan fingerprint density at radius 3 is 2.81 bits per heavy atom. The lowest BCUT2D eigenvalue weighted by atomic mass is 10.1. The molecule has 0 radical (unpaired) electrons. The second-order valence-corrected chi connectivity index (χ2v) is 6.10. The molecule has 1 N–H and O–H groups in total. The van der Waals surface area contributed by atoms with Gasteiger partial charge in [0.15, 0.2) is 0 Å². The van der Waals surface area contributed by atoms with E-state index in [1.165, 1.54) is 5.56 Å². The van der Waals surface area contributed by atoms with Crippen molar-refractivity contribution in [3.05, 3.63) is 63.3 Å². The van der Waals surface area contributed by atoms with Crippen LogP contribution in [0.2, 0.25) is 0 Å². The molecule has 4 nitrogen and oxygen atoms in total. The van der Waals surface area contributed by atoms with Gasteiger partial charge in [-0.05, 0) is 24.8 Å². The third-order valence-electron chi connectivity index (χ3n) is 4.38. The second-order valence-electron chi connectivity index (χ2n) is 6.10. The van der Waals surface area contributed by atoms with Crippen molar-refractivity contribution < 1.29 is 0 Å². The number of H-pyrrole nitrogens is 1. The number of nitrogens with one attached hydrogen (secondary N) is 1. The molecule has 0 unspecified atom stereocenters. The van der Waals surface area contributed by atoms with E-state index < -0.39 is 0 Å². The maximum Gasteiger partial charge on any atom is 0.254 e. The van der Waals surface area contributed by atoms with Crippen LogP contribution in [0.5, 0.6) is 0 Å². The first-order valence-corrected chi connectivity index (χ1v) is 7.68.